The van der Waals surface area contributed by atoms with Gasteiger partial charge >= 0.3 is 0 Å². The van der Waals surface area contributed by atoms with E-state index >= 15 is 0 Å². The molecule has 0 bridgehead atoms. The molecule has 1 heterocycles. The SMILES string of the molecule is CN(CCNCc1cccs1)Cc1ccccc1Br. The molecule has 102 valence electrons. The van der Waals surface area contributed by atoms with E-state index in [-0.39, 0.29) is 0 Å². The third-order valence-corrected chi connectivity index (χ3v) is 4.60. The molecule has 4 heteroatoms. The van der Waals surface area contributed by atoms with Crippen molar-refractivity contribution in [3.63, 3.8) is 0 Å². The zero-order valence-corrected chi connectivity index (χ0v) is 13.5. The summed E-state index contributed by atoms with van der Waals surface area (Å²) >= 11 is 5.40. The predicted molar refractivity (Wildman–Crippen MR) is 86.5 cm³/mol. The second-order valence-corrected chi connectivity index (χ2v) is 6.47. The average Bonchev–Trinajstić information content (AvgIpc) is 2.91. The molecule has 0 amide bonds. The molecule has 0 radical (unpaired) electrons. The van der Waals surface area contributed by atoms with Crippen LogP contribution in [0.1, 0.15) is 10.4 Å². The van der Waals surface area contributed by atoms with Crippen LogP contribution in [0.15, 0.2) is 46.3 Å². The molecule has 1 aromatic carbocycles. The monoisotopic (exact) mass is 338 g/mol. The van der Waals surface area contributed by atoms with Crippen molar-refractivity contribution in [2.45, 2.75) is 13.1 Å². The number of benzene rings is 1. The average molecular weight is 339 g/mol. The van der Waals surface area contributed by atoms with Gasteiger partial charge in [0, 0.05) is 35.5 Å². The lowest BCUT2D eigenvalue weighted by Crippen LogP contribution is -2.28. The van der Waals surface area contributed by atoms with Gasteiger partial charge in [-0.3, -0.25) is 0 Å². The van der Waals surface area contributed by atoms with Crippen molar-refractivity contribution in [3.05, 3.63) is 56.7 Å². The number of hydrogen-bond acceptors (Lipinski definition) is 3. The normalized spacial score (nSPS) is 11.1. The molecule has 2 rings (SSSR count). The van der Waals surface area contributed by atoms with E-state index in [9.17, 15) is 0 Å². The molecule has 19 heavy (non-hydrogen) atoms. The Bertz CT molecular complexity index is 485. The van der Waals surface area contributed by atoms with Gasteiger partial charge in [-0.25, -0.2) is 0 Å². The van der Waals surface area contributed by atoms with E-state index in [1.165, 1.54) is 14.9 Å². The van der Waals surface area contributed by atoms with Crippen molar-refractivity contribution in [1.29, 1.82) is 0 Å². The van der Waals surface area contributed by atoms with Gasteiger partial charge in [0.25, 0.3) is 0 Å². The van der Waals surface area contributed by atoms with Gasteiger partial charge < -0.3 is 10.2 Å². The lowest BCUT2D eigenvalue weighted by Gasteiger charge is -2.17. The highest BCUT2D eigenvalue weighted by Crippen LogP contribution is 2.17. The van der Waals surface area contributed by atoms with Gasteiger partial charge in [0.05, 0.1) is 0 Å². The van der Waals surface area contributed by atoms with E-state index in [1.54, 1.807) is 11.3 Å². The zero-order chi connectivity index (χ0) is 13.5. The lowest BCUT2D eigenvalue weighted by molar-refractivity contribution is 0.324. The molecule has 0 spiro atoms. The number of thiophene rings is 1. The Morgan fingerprint density at radius 2 is 2.05 bits per heavy atom. The fourth-order valence-electron chi connectivity index (χ4n) is 1.89. The summed E-state index contributed by atoms with van der Waals surface area (Å²) in [5.41, 5.74) is 1.34. The maximum absolute atomic E-state index is 3.59. The smallest absolute Gasteiger partial charge is 0.0300 e. The highest BCUT2D eigenvalue weighted by Gasteiger charge is 2.03. The molecule has 0 aliphatic heterocycles. The molecule has 1 aromatic heterocycles. The molecular formula is C15H19BrN2S. The summed E-state index contributed by atoms with van der Waals surface area (Å²) in [6, 6.07) is 12.7. The lowest BCUT2D eigenvalue weighted by atomic mass is 10.2. The quantitative estimate of drug-likeness (QED) is 0.773. The molecule has 2 aromatic rings. The molecule has 0 fully saturated rings. The predicted octanol–water partition coefficient (Wildman–Crippen LogP) is 3.73. The Hall–Kier alpha value is -0.680. The number of likely N-dealkylation sites (N-methyl/N-ethyl adjacent to an activating group) is 1. The first kappa shape index (κ1) is 14.7. The number of halogens is 1. The number of nitrogens with zero attached hydrogens (tertiary/aromatic N) is 1. The van der Waals surface area contributed by atoms with Gasteiger partial charge in [0.15, 0.2) is 0 Å². The number of hydrogen-bond donors (Lipinski definition) is 1. The Balaban J connectivity index is 1.67. The summed E-state index contributed by atoms with van der Waals surface area (Å²) in [5, 5.41) is 5.60. The van der Waals surface area contributed by atoms with Crippen LogP contribution < -0.4 is 5.32 Å². The minimum Gasteiger partial charge on any atom is -0.311 e. The molecule has 0 aliphatic carbocycles. The number of rotatable bonds is 7. The van der Waals surface area contributed by atoms with Gasteiger partial charge in [0.2, 0.25) is 0 Å². The van der Waals surface area contributed by atoms with Crippen molar-refractivity contribution < 1.29 is 0 Å². The summed E-state index contributed by atoms with van der Waals surface area (Å²) in [5.74, 6) is 0. The van der Waals surface area contributed by atoms with Crippen LogP contribution >= 0.6 is 27.3 Å². The van der Waals surface area contributed by atoms with Crippen LogP contribution in [0.25, 0.3) is 0 Å². The standard InChI is InChI=1S/C15H19BrN2S/c1-18(12-13-5-2-3-7-15(13)16)9-8-17-11-14-6-4-10-19-14/h2-7,10,17H,8-9,11-12H2,1H3. The van der Waals surface area contributed by atoms with Gasteiger partial charge in [-0.05, 0) is 30.1 Å². The fourth-order valence-corrected chi connectivity index (χ4v) is 2.98. The van der Waals surface area contributed by atoms with Crippen molar-refractivity contribution in [3.8, 4) is 0 Å². The summed E-state index contributed by atoms with van der Waals surface area (Å²) in [6.45, 7) is 4.01. The van der Waals surface area contributed by atoms with Crippen molar-refractivity contribution >= 4 is 27.3 Å². The van der Waals surface area contributed by atoms with E-state index in [0.29, 0.717) is 0 Å². The van der Waals surface area contributed by atoms with E-state index < -0.39 is 0 Å². The summed E-state index contributed by atoms with van der Waals surface area (Å²) in [7, 11) is 2.16. The first-order valence-electron chi connectivity index (χ1n) is 6.41. The van der Waals surface area contributed by atoms with Crippen molar-refractivity contribution in [2.75, 3.05) is 20.1 Å². The molecule has 0 aliphatic rings. The third kappa shape index (κ3) is 5.07. The summed E-state index contributed by atoms with van der Waals surface area (Å²) < 4.78 is 1.19. The fraction of sp³-hybridized carbons (Fsp3) is 0.333. The van der Waals surface area contributed by atoms with Gasteiger partial charge in [0.1, 0.15) is 0 Å². The maximum atomic E-state index is 3.59. The van der Waals surface area contributed by atoms with Crippen LogP contribution in [-0.2, 0) is 13.1 Å². The van der Waals surface area contributed by atoms with E-state index in [4.69, 9.17) is 0 Å². The topological polar surface area (TPSA) is 15.3 Å². The van der Waals surface area contributed by atoms with Gasteiger partial charge in [-0.2, -0.15) is 0 Å². The second-order valence-electron chi connectivity index (χ2n) is 4.59. The van der Waals surface area contributed by atoms with E-state index in [0.717, 1.165) is 26.2 Å². The van der Waals surface area contributed by atoms with Gasteiger partial charge in [-0.15, -0.1) is 11.3 Å². The zero-order valence-electron chi connectivity index (χ0n) is 11.1. The second kappa shape index (κ2) is 7.80. The van der Waals surface area contributed by atoms with E-state index in [2.05, 4.69) is 75.0 Å². The molecular weight excluding hydrogens is 320 g/mol. The van der Waals surface area contributed by atoms with Crippen LogP contribution in [0.2, 0.25) is 0 Å². The van der Waals surface area contributed by atoms with Gasteiger partial charge in [-0.1, -0.05) is 40.2 Å². The summed E-state index contributed by atoms with van der Waals surface area (Å²) in [4.78, 5) is 3.73. The van der Waals surface area contributed by atoms with Crippen LogP contribution in [0, 0.1) is 0 Å². The minimum absolute atomic E-state index is 0.973. The minimum atomic E-state index is 0.973. The highest BCUT2D eigenvalue weighted by molar-refractivity contribution is 9.10. The Kier molecular flexibility index (Phi) is 6.04. The highest BCUT2D eigenvalue weighted by atomic mass is 79.9. The first-order valence-corrected chi connectivity index (χ1v) is 8.08. The largest absolute Gasteiger partial charge is 0.311 e. The van der Waals surface area contributed by atoms with Crippen LogP contribution in [0.4, 0.5) is 0 Å². The Labute approximate surface area is 127 Å². The molecule has 2 nitrogen and oxygen atoms in total. The van der Waals surface area contributed by atoms with Crippen LogP contribution in [0.3, 0.4) is 0 Å². The van der Waals surface area contributed by atoms with Crippen LogP contribution in [-0.4, -0.2) is 25.0 Å². The maximum Gasteiger partial charge on any atom is 0.0300 e. The summed E-state index contributed by atoms with van der Waals surface area (Å²) in [6.07, 6.45) is 0. The molecule has 0 saturated heterocycles. The van der Waals surface area contributed by atoms with E-state index in [1.807, 2.05) is 0 Å². The molecule has 0 unspecified atom stereocenters. The third-order valence-electron chi connectivity index (χ3n) is 2.95. The molecule has 0 atom stereocenters. The number of nitrogens with one attached hydrogen (secondary N) is 1. The molecule has 1 N–H and O–H groups in total. The van der Waals surface area contributed by atoms with Crippen molar-refractivity contribution in [2.24, 2.45) is 0 Å². The van der Waals surface area contributed by atoms with Crippen LogP contribution in [0.5, 0.6) is 0 Å². The van der Waals surface area contributed by atoms with Crippen molar-refractivity contribution in [1.82, 2.24) is 10.2 Å². The first-order chi connectivity index (χ1) is 9.25. The Morgan fingerprint density at radius 3 is 2.79 bits per heavy atom. The molecule has 0 saturated carbocycles. The Morgan fingerprint density at radius 1 is 1.21 bits per heavy atom.